The van der Waals surface area contributed by atoms with Crippen molar-refractivity contribution in [3.05, 3.63) is 35.4 Å². The third kappa shape index (κ3) is 6.13. The van der Waals surface area contributed by atoms with E-state index < -0.39 is 0 Å². The van der Waals surface area contributed by atoms with E-state index in [0.29, 0.717) is 12.1 Å². The summed E-state index contributed by atoms with van der Waals surface area (Å²) in [6, 6.07) is 10.0. The maximum atomic E-state index is 3.64. The van der Waals surface area contributed by atoms with E-state index in [4.69, 9.17) is 0 Å². The molecular formula is C15H25NS. The van der Waals surface area contributed by atoms with Crippen LogP contribution in [0.4, 0.5) is 0 Å². The molecule has 0 radical (unpaired) electrons. The maximum Gasteiger partial charge on any atom is 0.0132 e. The zero-order valence-electron chi connectivity index (χ0n) is 11.5. The summed E-state index contributed by atoms with van der Waals surface area (Å²) in [6.45, 7) is 6.71. The van der Waals surface area contributed by atoms with Crippen molar-refractivity contribution in [2.75, 3.05) is 12.0 Å². The van der Waals surface area contributed by atoms with Crippen LogP contribution in [0, 0.1) is 6.92 Å². The fourth-order valence-electron chi connectivity index (χ4n) is 2.12. The molecule has 0 spiro atoms. The molecule has 0 bridgehead atoms. The number of hydrogen-bond acceptors (Lipinski definition) is 2. The largest absolute Gasteiger partial charge is 0.311 e. The highest BCUT2D eigenvalue weighted by Crippen LogP contribution is 2.08. The van der Waals surface area contributed by atoms with Gasteiger partial charge in [0.05, 0.1) is 0 Å². The topological polar surface area (TPSA) is 12.0 Å². The van der Waals surface area contributed by atoms with E-state index in [9.17, 15) is 0 Å². The maximum absolute atomic E-state index is 3.64. The number of benzene rings is 1. The molecule has 0 aromatic heterocycles. The molecule has 0 aliphatic heterocycles. The molecule has 1 N–H and O–H groups in total. The van der Waals surface area contributed by atoms with E-state index in [-0.39, 0.29) is 0 Å². The predicted molar refractivity (Wildman–Crippen MR) is 79.9 cm³/mol. The lowest BCUT2D eigenvalue weighted by atomic mass is 10.0. The van der Waals surface area contributed by atoms with E-state index in [0.717, 1.165) is 0 Å². The van der Waals surface area contributed by atoms with Crippen molar-refractivity contribution in [1.82, 2.24) is 5.32 Å². The van der Waals surface area contributed by atoms with Gasteiger partial charge in [0, 0.05) is 17.8 Å². The monoisotopic (exact) mass is 251 g/mol. The van der Waals surface area contributed by atoms with Crippen LogP contribution in [0.25, 0.3) is 0 Å². The molecule has 0 saturated heterocycles. The first kappa shape index (κ1) is 14.6. The molecular weight excluding hydrogens is 226 g/mol. The Morgan fingerprint density at radius 2 is 2.00 bits per heavy atom. The van der Waals surface area contributed by atoms with Gasteiger partial charge in [-0.1, -0.05) is 29.8 Å². The molecule has 96 valence electrons. The van der Waals surface area contributed by atoms with Crippen LogP contribution < -0.4 is 5.32 Å². The zero-order chi connectivity index (χ0) is 12.7. The Balaban J connectivity index is 2.30. The summed E-state index contributed by atoms with van der Waals surface area (Å²) < 4.78 is 0. The van der Waals surface area contributed by atoms with Crippen molar-refractivity contribution in [3.8, 4) is 0 Å². The summed E-state index contributed by atoms with van der Waals surface area (Å²) >= 11 is 1.91. The summed E-state index contributed by atoms with van der Waals surface area (Å²) in [4.78, 5) is 0. The third-order valence-corrected chi connectivity index (χ3v) is 3.77. The molecule has 1 nitrogen and oxygen atoms in total. The summed E-state index contributed by atoms with van der Waals surface area (Å²) in [5.41, 5.74) is 2.81. The Hall–Kier alpha value is -0.470. The Morgan fingerprint density at radius 1 is 1.24 bits per heavy atom. The van der Waals surface area contributed by atoms with Crippen molar-refractivity contribution < 1.29 is 0 Å². The highest BCUT2D eigenvalue weighted by Gasteiger charge is 2.06. The summed E-state index contributed by atoms with van der Waals surface area (Å²) in [6.07, 6.45) is 4.54. The Kier molecular flexibility index (Phi) is 6.68. The van der Waals surface area contributed by atoms with Gasteiger partial charge >= 0.3 is 0 Å². The van der Waals surface area contributed by atoms with Crippen LogP contribution in [-0.4, -0.2) is 24.1 Å². The first-order chi connectivity index (χ1) is 8.11. The Morgan fingerprint density at radius 3 is 2.65 bits per heavy atom. The number of rotatable bonds is 7. The molecule has 0 aliphatic rings. The molecule has 0 heterocycles. The molecule has 0 amide bonds. The molecule has 2 heteroatoms. The predicted octanol–water partition coefficient (Wildman–Crippen LogP) is 3.66. The van der Waals surface area contributed by atoms with Gasteiger partial charge in [-0.3, -0.25) is 0 Å². The minimum atomic E-state index is 0.595. The van der Waals surface area contributed by atoms with Crippen LogP contribution in [-0.2, 0) is 6.42 Å². The zero-order valence-corrected chi connectivity index (χ0v) is 12.3. The lowest BCUT2D eigenvalue weighted by Crippen LogP contribution is -2.36. The molecule has 1 rings (SSSR count). The van der Waals surface area contributed by atoms with Crippen LogP contribution in [0.3, 0.4) is 0 Å². The minimum Gasteiger partial charge on any atom is -0.311 e. The molecule has 2 unspecified atom stereocenters. The Labute approximate surface area is 110 Å². The van der Waals surface area contributed by atoms with Gasteiger partial charge in [0.25, 0.3) is 0 Å². The molecule has 0 saturated carbocycles. The van der Waals surface area contributed by atoms with E-state index in [1.807, 2.05) is 11.8 Å². The fraction of sp³-hybridized carbons (Fsp3) is 0.600. The highest BCUT2D eigenvalue weighted by atomic mass is 32.2. The average Bonchev–Trinajstić information content (AvgIpc) is 2.27. The third-order valence-electron chi connectivity index (χ3n) is 2.93. The van der Waals surface area contributed by atoms with Gasteiger partial charge in [0.1, 0.15) is 0 Å². The minimum absolute atomic E-state index is 0.595. The molecule has 17 heavy (non-hydrogen) atoms. The standard InChI is InChI=1S/C15H25NS/c1-12-6-5-7-15(10-12)9-8-13(2)16-14(3)11-17-4/h5-7,10,13-14,16H,8-9,11H2,1-4H3. The number of thioether (sulfide) groups is 1. The van der Waals surface area contributed by atoms with Gasteiger partial charge in [0.15, 0.2) is 0 Å². The quantitative estimate of drug-likeness (QED) is 0.794. The normalized spacial score (nSPS) is 14.6. The lowest BCUT2D eigenvalue weighted by molar-refractivity contribution is 0.469. The van der Waals surface area contributed by atoms with Crippen molar-refractivity contribution >= 4 is 11.8 Å². The number of aryl methyl sites for hydroxylation is 2. The van der Waals surface area contributed by atoms with Gasteiger partial charge in [-0.2, -0.15) is 11.8 Å². The number of nitrogens with one attached hydrogen (secondary N) is 1. The van der Waals surface area contributed by atoms with E-state index in [2.05, 4.69) is 56.6 Å². The SMILES string of the molecule is CSCC(C)NC(C)CCc1cccc(C)c1. The second-order valence-corrected chi connectivity index (χ2v) is 5.86. The van der Waals surface area contributed by atoms with Crippen molar-refractivity contribution in [2.45, 2.75) is 45.7 Å². The van der Waals surface area contributed by atoms with Crippen molar-refractivity contribution in [3.63, 3.8) is 0 Å². The lowest BCUT2D eigenvalue weighted by Gasteiger charge is -2.19. The summed E-state index contributed by atoms with van der Waals surface area (Å²) in [7, 11) is 0. The van der Waals surface area contributed by atoms with Gasteiger partial charge in [0.2, 0.25) is 0 Å². The van der Waals surface area contributed by atoms with Crippen LogP contribution in [0.5, 0.6) is 0 Å². The van der Waals surface area contributed by atoms with Crippen LogP contribution in [0.1, 0.15) is 31.4 Å². The van der Waals surface area contributed by atoms with Crippen LogP contribution >= 0.6 is 11.8 Å². The second kappa shape index (κ2) is 7.78. The average molecular weight is 251 g/mol. The van der Waals surface area contributed by atoms with Crippen LogP contribution in [0.15, 0.2) is 24.3 Å². The molecule has 0 aliphatic carbocycles. The van der Waals surface area contributed by atoms with E-state index >= 15 is 0 Å². The number of hydrogen-bond donors (Lipinski definition) is 1. The Bertz CT molecular complexity index is 324. The first-order valence-corrected chi connectivity index (χ1v) is 7.81. The van der Waals surface area contributed by atoms with E-state index in [1.165, 1.54) is 29.7 Å². The van der Waals surface area contributed by atoms with Crippen molar-refractivity contribution in [1.29, 1.82) is 0 Å². The fourth-order valence-corrected chi connectivity index (χ4v) is 2.71. The molecule has 1 aromatic rings. The van der Waals surface area contributed by atoms with Crippen LogP contribution in [0.2, 0.25) is 0 Å². The van der Waals surface area contributed by atoms with Gasteiger partial charge in [-0.15, -0.1) is 0 Å². The first-order valence-electron chi connectivity index (χ1n) is 6.42. The van der Waals surface area contributed by atoms with E-state index in [1.54, 1.807) is 0 Å². The smallest absolute Gasteiger partial charge is 0.0132 e. The summed E-state index contributed by atoms with van der Waals surface area (Å²) in [5, 5.41) is 3.64. The summed E-state index contributed by atoms with van der Waals surface area (Å²) in [5.74, 6) is 1.19. The van der Waals surface area contributed by atoms with Gasteiger partial charge in [-0.05, 0) is 45.4 Å². The molecule has 2 atom stereocenters. The van der Waals surface area contributed by atoms with Crippen molar-refractivity contribution in [2.24, 2.45) is 0 Å². The molecule has 1 aromatic carbocycles. The highest BCUT2D eigenvalue weighted by molar-refractivity contribution is 7.98. The van der Waals surface area contributed by atoms with Gasteiger partial charge < -0.3 is 5.32 Å². The van der Waals surface area contributed by atoms with Gasteiger partial charge in [-0.25, -0.2) is 0 Å². The second-order valence-electron chi connectivity index (χ2n) is 4.95. The molecule has 0 fully saturated rings.